The van der Waals surface area contributed by atoms with Crippen LogP contribution in [0.4, 0.5) is 0 Å². The topological polar surface area (TPSA) is 69.7 Å². The zero-order valence-electron chi connectivity index (χ0n) is 15.5. The molecule has 0 unspecified atom stereocenters. The lowest BCUT2D eigenvalue weighted by atomic mass is 9.52. The van der Waals surface area contributed by atoms with Gasteiger partial charge in [0.25, 0.3) is 0 Å². The van der Waals surface area contributed by atoms with Gasteiger partial charge < -0.3 is 14.3 Å². The minimum absolute atomic E-state index is 0.0124. The summed E-state index contributed by atoms with van der Waals surface area (Å²) in [5.41, 5.74) is 0.0372. The summed E-state index contributed by atoms with van der Waals surface area (Å²) in [6.45, 7) is 3.76. The lowest BCUT2D eigenvalue weighted by molar-refractivity contribution is -0.157. The second-order valence-electron chi connectivity index (χ2n) is 8.49. The number of methoxy groups -OCH3 is 1. The Morgan fingerprint density at radius 2 is 1.88 bits per heavy atom. The molecule has 3 aliphatic rings. The molecule has 0 N–H and O–H groups in total. The molecule has 0 aromatic heterocycles. The average Bonchev–Trinajstić information content (AvgIpc) is 2.90. The van der Waals surface area contributed by atoms with Crippen LogP contribution in [0.25, 0.3) is 0 Å². The first-order valence-corrected chi connectivity index (χ1v) is 9.60. The number of aldehydes is 1. The van der Waals surface area contributed by atoms with Crippen molar-refractivity contribution in [2.45, 2.75) is 64.9 Å². The fourth-order valence-electron chi connectivity index (χ4n) is 6.25. The number of fused-ring (bicyclic) bond motifs is 3. The van der Waals surface area contributed by atoms with Crippen molar-refractivity contribution in [1.29, 1.82) is 0 Å². The van der Waals surface area contributed by atoms with Gasteiger partial charge in [-0.1, -0.05) is 6.92 Å². The van der Waals surface area contributed by atoms with Crippen molar-refractivity contribution in [1.82, 2.24) is 0 Å². The Kier molecular flexibility index (Phi) is 5.21. The molecule has 3 saturated carbocycles. The Balaban J connectivity index is 1.76. The Morgan fingerprint density at radius 3 is 2.52 bits per heavy atom. The summed E-state index contributed by atoms with van der Waals surface area (Å²) in [6, 6.07) is 0. The molecule has 0 spiro atoms. The molecule has 0 amide bonds. The first kappa shape index (κ1) is 18.4. The first-order valence-electron chi connectivity index (χ1n) is 9.60. The average molecular weight is 350 g/mol. The molecular weight excluding hydrogens is 320 g/mol. The van der Waals surface area contributed by atoms with Gasteiger partial charge in [0.1, 0.15) is 12.4 Å². The van der Waals surface area contributed by atoms with Crippen molar-refractivity contribution in [3.63, 3.8) is 0 Å². The van der Waals surface area contributed by atoms with Gasteiger partial charge in [0.05, 0.1) is 7.11 Å². The van der Waals surface area contributed by atoms with E-state index in [2.05, 4.69) is 6.92 Å². The molecule has 0 radical (unpaired) electrons. The molecule has 3 aliphatic carbocycles. The molecule has 0 aliphatic heterocycles. The van der Waals surface area contributed by atoms with Gasteiger partial charge in [-0.2, -0.15) is 0 Å². The Hall–Kier alpha value is -1.39. The summed E-state index contributed by atoms with van der Waals surface area (Å²) in [5.74, 6) is 1.03. The van der Waals surface area contributed by atoms with Crippen LogP contribution in [-0.2, 0) is 23.9 Å². The van der Waals surface area contributed by atoms with Crippen molar-refractivity contribution in [3.05, 3.63) is 0 Å². The van der Waals surface area contributed by atoms with Crippen LogP contribution in [0.5, 0.6) is 0 Å². The maximum absolute atomic E-state index is 11.9. The first-order chi connectivity index (χ1) is 11.9. The molecule has 0 heterocycles. The zero-order chi connectivity index (χ0) is 18.2. The lowest BCUT2D eigenvalue weighted by Crippen LogP contribution is -2.49. The molecule has 0 aromatic carbocycles. The van der Waals surface area contributed by atoms with Crippen LogP contribution < -0.4 is 0 Å². The number of carbonyl (C=O) groups excluding carboxylic acids is 3. The van der Waals surface area contributed by atoms with E-state index in [1.165, 1.54) is 14.0 Å². The maximum atomic E-state index is 11.9. The third-order valence-corrected chi connectivity index (χ3v) is 7.44. The van der Waals surface area contributed by atoms with Crippen molar-refractivity contribution in [2.75, 3.05) is 7.11 Å². The van der Waals surface area contributed by atoms with Crippen LogP contribution in [0.1, 0.15) is 58.8 Å². The highest BCUT2D eigenvalue weighted by Crippen LogP contribution is 2.61. The minimum atomic E-state index is -0.216. The third kappa shape index (κ3) is 3.22. The minimum Gasteiger partial charge on any atom is -0.469 e. The van der Waals surface area contributed by atoms with Crippen molar-refractivity contribution < 1.29 is 23.9 Å². The molecule has 5 heteroatoms. The largest absolute Gasteiger partial charge is 0.469 e. The Morgan fingerprint density at radius 1 is 1.12 bits per heavy atom. The predicted molar refractivity (Wildman–Crippen MR) is 91.5 cm³/mol. The van der Waals surface area contributed by atoms with E-state index < -0.39 is 0 Å². The van der Waals surface area contributed by atoms with Crippen LogP contribution in [0.2, 0.25) is 0 Å². The van der Waals surface area contributed by atoms with E-state index >= 15 is 0 Å². The number of ether oxygens (including phenoxy) is 2. The van der Waals surface area contributed by atoms with Crippen molar-refractivity contribution in [2.24, 2.45) is 35.0 Å². The molecule has 0 saturated heterocycles. The predicted octanol–water partition coefficient (Wildman–Crippen LogP) is 3.15. The smallest absolute Gasteiger partial charge is 0.305 e. The molecule has 0 bridgehead atoms. The van der Waals surface area contributed by atoms with Gasteiger partial charge in [0, 0.05) is 24.7 Å². The highest BCUT2D eigenvalue weighted by Gasteiger charge is 2.57. The molecule has 3 rings (SSSR count). The van der Waals surface area contributed by atoms with Gasteiger partial charge in [0.2, 0.25) is 0 Å². The monoisotopic (exact) mass is 350 g/mol. The summed E-state index contributed by atoms with van der Waals surface area (Å²) in [5, 5.41) is 0. The fourth-order valence-corrected chi connectivity index (χ4v) is 6.25. The van der Waals surface area contributed by atoms with Crippen LogP contribution in [0.3, 0.4) is 0 Å². The van der Waals surface area contributed by atoms with Gasteiger partial charge in [-0.05, 0) is 62.2 Å². The molecule has 5 nitrogen and oxygen atoms in total. The second kappa shape index (κ2) is 7.08. The second-order valence-corrected chi connectivity index (χ2v) is 8.49. The highest BCUT2D eigenvalue weighted by molar-refractivity contribution is 5.70. The molecule has 140 valence electrons. The summed E-state index contributed by atoms with van der Waals surface area (Å²) < 4.78 is 10.5. The van der Waals surface area contributed by atoms with Crippen LogP contribution in [0, 0.1) is 35.0 Å². The van der Waals surface area contributed by atoms with Gasteiger partial charge in [-0.3, -0.25) is 9.59 Å². The zero-order valence-corrected chi connectivity index (χ0v) is 15.5. The van der Waals surface area contributed by atoms with E-state index in [0.717, 1.165) is 44.8 Å². The van der Waals surface area contributed by atoms with E-state index in [1.807, 2.05) is 0 Å². The summed E-state index contributed by atoms with van der Waals surface area (Å²) in [7, 11) is 1.41. The summed E-state index contributed by atoms with van der Waals surface area (Å²) in [6.07, 6.45) is 7.40. The normalized spacial score (nSPS) is 42.8. The number of carbonyl (C=O) groups is 3. The van der Waals surface area contributed by atoms with Gasteiger partial charge >= 0.3 is 11.9 Å². The summed E-state index contributed by atoms with van der Waals surface area (Å²) in [4.78, 5) is 35.0. The molecule has 7 atom stereocenters. The number of hydrogen-bond donors (Lipinski definition) is 0. The molecular formula is C20H30O5. The van der Waals surface area contributed by atoms with E-state index in [9.17, 15) is 14.4 Å². The number of rotatable bonds is 4. The van der Waals surface area contributed by atoms with E-state index in [-0.39, 0.29) is 35.3 Å². The fraction of sp³-hybridized carbons (Fsp3) is 0.850. The highest BCUT2D eigenvalue weighted by atomic mass is 16.5. The lowest BCUT2D eigenvalue weighted by Gasteiger charge is -2.53. The summed E-state index contributed by atoms with van der Waals surface area (Å²) >= 11 is 0. The van der Waals surface area contributed by atoms with E-state index in [1.54, 1.807) is 0 Å². The van der Waals surface area contributed by atoms with Crippen LogP contribution >= 0.6 is 0 Å². The van der Waals surface area contributed by atoms with Gasteiger partial charge in [-0.25, -0.2) is 0 Å². The Bertz CT molecular complexity index is 544. The van der Waals surface area contributed by atoms with Gasteiger partial charge in [0.15, 0.2) is 0 Å². The molecule has 3 fully saturated rings. The Labute approximate surface area is 149 Å². The SMILES string of the molecule is COC(=O)C[C@@H]1CC[C@@H]2[C@H](CC[C@]3(C)[C@@H](OC(C)=O)CC[C@@H]23)[C@H]1C=O. The quantitative estimate of drug-likeness (QED) is 0.575. The number of hydrogen-bond acceptors (Lipinski definition) is 5. The number of esters is 2. The van der Waals surface area contributed by atoms with E-state index in [4.69, 9.17) is 9.47 Å². The molecule has 25 heavy (non-hydrogen) atoms. The van der Waals surface area contributed by atoms with Crippen molar-refractivity contribution in [3.8, 4) is 0 Å². The standard InChI is InChI=1S/C20H30O5/c1-12(22)25-18-7-6-17-15-5-4-13(10-19(23)24-3)16(11-21)14(15)8-9-20(17,18)2/h11,13-18H,4-10H2,1-3H3/t13-,14-,15+,16-,17-,18-,20-/m0/s1. The van der Waals surface area contributed by atoms with E-state index in [0.29, 0.717) is 24.2 Å². The molecule has 0 aromatic rings. The third-order valence-electron chi connectivity index (χ3n) is 7.44. The van der Waals surface area contributed by atoms with Gasteiger partial charge in [-0.15, -0.1) is 0 Å². The van der Waals surface area contributed by atoms with Crippen molar-refractivity contribution >= 4 is 18.2 Å². The maximum Gasteiger partial charge on any atom is 0.305 e. The van der Waals surface area contributed by atoms with Crippen LogP contribution in [-0.4, -0.2) is 31.4 Å². The van der Waals surface area contributed by atoms with Crippen LogP contribution in [0.15, 0.2) is 0 Å².